The Bertz CT molecular complexity index is 494. The molecule has 1 heterocycles. The minimum atomic E-state index is 0.451. The lowest BCUT2D eigenvalue weighted by atomic mass is 10.1. The third kappa shape index (κ3) is 1.94. The van der Waals surface area contributed by atoms with E-state index >= 15 is 0 Å². The number of benzene rings is 1. The van der Waals surface area contributed by atoms with Crippen LogP contribution in [0.15, 0.2) is 30.6 Å². The zero-order chi connectivity index (χ0) is 11.5. The molecule has 16 heavy (non-hydrogen) atoms. The lowest BCUT2D eigenvalue weighted by Gasteiger charge is -2.15. The predicted molar refractivity (Wildman–Crippen MR) is 69.5 cm³/mol. The molecule has 0 bridgehead atoms. The standard InChI is InChI=1S/C13H17N3/c1-3-9(2)16-13-5-4-12(14)10-6-7-15-8-11(10)13/h4-9,16H,3,14H2,1-2H3. The summed E-state index contributed by atoms with van der Waals surface area (Å²) in [6.45, 7) is 4.33. The number of nitrogens with one attached hydrogen (secondary N) is 1. The van der Waals surface area contributed by atoms with Crippen LogP contribution < -0.4 is 11.1 Å². The van der Waals surface area contributed by atoms with Crippen LogP contribution in [0.5, 0.6) is 0 Å². The topological polar surface area (TPSA) is 50.9 Å². The van der Waals surface area contributed by atoms with Gasteiger partial charge in [0.25, 0.3) is 0 Å². The largest absolute Gasteiger partial charge is 0.398 e. The van der Waals surface area contributed by atoms with Crippen molar-refractivity contribution in [3.63, 3.8) is 0 Å². The summed E-state index contributed by atoms with van der Waals surface area (Å²) in [5.74, 6) is 0. The molecule has 0 aliphatic heterocycles. The number of nitrogen functional groups attached to an aromatic ring is 1. The molecule has 0 aliphatic carbocycles. The van der Waals surface area contributed by atoms with Gasteiger partial charge in [0.2, 0.25) is 0 Å². The second kappa shape index (κ2) is 4.39. The van der Waals surface area contributed by atoms with Crippen molar-refractivity contribution in [2.75, 3.05) is 11.1 Å². The second-order valence-electron chi connectivity index (χ2n) is 4.08. The average Bonchev–Trinajstić information content (AvgIpc) is 2.33. The highest BCUT2D eigenvalue weighted by Crippen LogP contribution is 2.27. The maximum atomic E-state index is 5.93. The van der Waals surface area contributed by atoms with E-state index in [1.165, 1.54) is 0 Å². The highest BCUT2D eigenvalue weighted by Gasteiger charge is 2.05. The van der Waals surface area contributed by atoms with E-state index in [9.17, 15) is 0 Å². The molecule has 1 aromatic carbocycles. The van der Waals surface area contributed by atoms with Crippen molar-refractivity contribution in [1.29, 1.82) is 0 Å². The monoisotopic (exact) mass is 215 g/mol. The zero-order valence-corrected chi connectivity index (χ0v) is 9.70. The van der Waals surface area contributed by atoms with Gasteiger partial charge in [-0.1, -0.05) is 6.92 Å². The molecule has 0 spiro atoms. The van der Waals surface area contributed by atoms with Crippen LogP contribution >= 0.6 is 0 Å². The van der Waals surface area contributed by atoms with Crippen molar-refractivity contribution in [2.24, 2.45) is 0 Å². The van der Waals surface area contributed by atoms with Gasteiger partial charge in [-0.2, -0.15) is 0 Å². The zero-order valence-electron chi connectivity index (χ0n) is 9.70. The molecule has 2 rings (SSSR count). The van der Waals surface area contributed by atoms with Crippen molar-refractivity contribution in [1.82, 2.24) is 4.98 Å². The molecule has 0 aliphatic rings. The van der Waals surface area contributed by atoms with E-state index in [-0.39, 0.29) is 0 Å². The molecular weight excluding hydrogens is 198 g/mol. The number of aromatic nitrogens is 1. The van der Waals surface area contributed by atoms with Crippen molar-refractivity contribution in [3.8, 4) is 0 Å². The molecule has 3 nitrogen and oxygen atoms in total. The number of nitrogens with two attached hydrogens (primary N) is 1. The Morgan fingerprint density at radius 3 is 2.88 bits per heavy atom. The quantitative estimate of drug-likeness (QED) is 0.774. The van der Waals surface area contributed by atoms with E-state index in [4.69, 9.17) is 5.73 Å². The van der Waals surface area contributed by atoms with E-state index in [2.05, 4.69) is 24.1 Å². The number of hydrogen-bond acceptors (Lipinski definition) is 3. The Hall–Kier alpha value is -1.77. The van der Waals surface area contributed by atoms with E-state index < -0.39 is 0 Å². The van der Waals surface area contributed by atoms with Crippen LogP contribution in [0.2, 0.25) is 0 Å². The van der Waals surface area contributed by atoms with Gasteiger partial charge in [-0.05, 0) is 31.5 Å². The summed E-state index contributed by atoms with van der Waals surface area (Å²) in [5.41, 5.74) is 7.83. The third-order valence-electron chi connectivity index (χ3n) is 2.87. The maximum Gasteiger partial charge on any atom is 0.0439 e. The molecular formula is C13H17N3. The molecule has 1 atom stereocenters. The van der Waals surface area contributed by atoms with Crippen molar-refractivity contribution in [3.05, 3.63) is 30.6 Å². The minimum Gasteiger partial charge on any atom is -0.398 e. The molecule has 0 radical (unpaired) electrons. The first kappa shape index (κ1) is 10.7. The Kier molecular flexibility index (Phi) is 2.95. The predicted octanol–water partition coefficient (Wildman–Crippen LogP) is 3.03. The van der Waals surface area contributed by atoms with Crippen molar-refractivity contribution >= 4 is 22.1 Å². The van der Waals surface area contributed by atoms with E-state index in [0.29, 0.717) is 6.04 Å². The SMILES string of the molecule is CCC(C)Nc1ccc(N)c2ccncc12. The summed E-state index contributed by atoms with van der Waals surface area (Å²) < 4.78 is 0. The summed E-state index contributed by atoms with van der Waals surface area (Å²) in [5, 5.41) is 5.61. The van der Waals surface area contributed by atoms with Gasteiger partial charge in [-0.15, -0.1) is 0 Å². The first-order valence-electron chi connectivity index (χ1n) is 5.61. The van der Waals surface area contributed by atoms with Crippen LogP contribution in [0.3, 0.4) is 0 Å². The fourth-order valence-electron chi connectivity index (χ4n) is 1.71. The molecule has 0 fully saturated rings. The van der Waals surface area contributed by atoms with Gasteiger partial charge >= 0.3 is 0 Å². The van der Waals surface area contributed by atoms with Gasteiger partial charge in [-0.3, -0.25) is 4.98 Å². The van der Waals surface area contributed by atoms with Gasteiger partial charge in [-0.25, -0.2) is 0 Å². The summed E-state index contributed by atoms with van der Waals surface area (Å²) in [6, 6.07) is 6.36. The first-order valence-corrected chi connectivity index (χ1v) is 5.61. The van der Waals surface area contributed by atoms with E-state index in [0.717, 1.165) is 28.6 Å². The average molecular weight is 215 g/mol. The van der Waals surface area contributed by atoms with Gasteiger partial charge < -0.3 is 11.1 Å². The smallest absolute Gasteiger partial charge is 0.0439 e. The number of fused-ring (bicyclic) bond motifs is 1. The molecule has 3 N–H and O–H groups in total. The summed E-state index contributed by atoms with van der Waals surface area (Å²) in [7, 11) is 0. The summed E-state index contributed by atoms with van der Waals surface area (Å²) in [4.78, 5) is 4.15. The van der Waals surface area contributed by atoms with Crippen LogP contribution in [0.4, 0.5) is 11.4 Å². The van der Waals surface area contributed by atoms with Gasteiger partial charge in [0, 0.05) is 40.6 Å². The Balaban J connectivity index is 2.50. The highest BCUT2D eigenvalue weighted by atomic mass is 14.9. The van der Waals surface area contributed by atoms with Crippen LogP contribution in [-0.2, 0) is 0 Å². The molecule has 84 valence electrons. The Labute approximate surface area is 95.7 Å². The molecule has 1 unspecified atom stereocenters. The number of rotatable bonds is 3. The molecule has 0 saturated heterocycles. The second-order valence-corrected chi connectivity index (χ2v) is 4.08. The van der Waals surface area contributed by atoms with E-state index in [1.54, 1.807) is 6.20 Å². The summed E-state index contributed by atoms with van der Waals surface area (Å²) in [6.07, 6.45) is 4.72. The minimum absolute atomic E-state index is 0.451. The van der Waals surface area contributed by atoms with Gasteiger partial charge in [0.05, 0.1) is 0 Å². The van der Waals surface area contributed by atoms with Crippen LogP contribution in [0.1, 0.15) is 20.3 Å². The van der Waals surface area contributed by atoms with Gasteiger partial charge in [0.15, 0.2) is 0 Å². The number of hydrogen-bond donors (Lipinski definition) is 2. The fraction of sp³-hybridized carbons (Fsp3) is 0.308. The third-order valence-corrected chi connectivity index (χ3v) is 2.87. The highest BCUT2D eigenvalue weighted by molar-refractivity contribution is 6.00. The van der Waals surface area contributed by atoms with Gasteiger partial charge in [0.1, 0.15) is 0 Å². The van der Waals surface area contributed by atoms with Crippen LogP contribution in [0, 0.1) is 0 Å². The van der Waals surface area contributed by atoms with E-state index in [1.807, 2.05) is 24.4 Å². The molecule has 2 aromatic rings. The van der Waals surface area contributed by atoms with Crippen LogP contribution in [-0.4, -0.2) is 11.0 Å². The normalized spacial score (nSPS) is 12.6. The van der Waals surface area contributed by atoms with Crippen molar-refractivity contribution < 1.29 is 0 Å². The lowest BCUT2D eigenvalue weighted by molar-refractivity contribution is 0.765. The first-order chi connectivity index (χ1) is 7.72. The maximum absolute atomic E-state index is 5.93. The summed E-state index contributed by atoms with van der Waals surface area (Å²) >= 11 is 0. The molecule has 0 saturated carbocycles. The van der Waals surface area contributed by atoms with Crippen molar-refractivity contribution in [2.45, 2.75) is 26.3 Å². The molecule has 1 aromatic heterocycles. The molecule has 0 amide bonds. The Morgan fingerprint density at radius 2 is 2.12 bits per heavy atom. The fourth-order valence-corrected chi connectivity index (χ4v) is 1.71. The lowest BCUT2D eigenvalue weighted by Crippen LogP contribution is -2.13. The number of anilines is 2. The Morgan fingerprint density at radius 1 is 1.31 bits per heavy atom. The van der Waals surface area contributed by atoms with Crippen LogP contribution in [0.25, 0.3) is 10.8 Å². The number of nitrogens with zero attached hydrogens (tertiary/aromatic N) is 1. The molecule has 3 heteroatoms. The number of pyridine rings is 1.